The van der Waals surface area contributed by atoms with Crippen LogP contribution in [0.5, 0.6) is 0 Å². The van der Waals surface area contributed by atoms with Crippen LogP contribution in [0.1, 0.15) is 32.1 Å². The summed E-state index contributed by atoms with van der Waals surface area (Å²) in [6.07, 6.45) is 2.35. The lowest BCUT2D eigenvalue weighted by Gasteiger charge is -2.18. The number of thioether (sulfide) groups is 1. The van der Waals surface area contributed by atoms with Crippen LogP contribution >= 0.6 is 39.0 Å². The van der Waals surface area contributed by atoms with E-state index in [9.17, 15) is 0 Å². The fourth-order valence-electron chi connectivity index (χ4n) is 1.68. The van der Waals surface area contributed by atoms with Gasteiger partial charge in [0.1, 0.15) is 0 Å². The van der Waals surface area contributed by atoms with Crippen LogP contribution in [0.2, 0.25) is 0 Å². The van der Waals surface area contributed by atoms with E-state index in [0.29, 0.717) is 6.04 Å². The lowest BCUT2D eigenvalue weighted by atomic mass is 10.2. The minimum Gasteiger partial charge on any atom is -0.313 e. The van der Waals surface area contributed by atoms with E-state index in [-0.39, 0.29) is 0 Å². The average molecular weight is 350 g/mol. The first-order valence-electron chi connectivity index (χ1n) is 6.66. The summed E-state index contributed by atoms with van der Waals surface area (Å²) in [4.78, 5) is 1.47. The lowest BCUT2D eigenvalue weighted by molar-refractivity contribution is 0.552. The first kappa shape index (κ1) is 16.5. The van der Waals surface area contributed by atoms with Gasteiger partial charge in [-0.25, -0.2) is 0 Å². The van der Waals surface area contributed by atoms with Crippen molar-refractivity contribution in [2.24, 2.45) is 5.92 Å². The Morgan fingerprint density at radius 3 is 2.72 bits per heavy atom. The quantitative estimate of drug-likeness (QED) is 0.686. The van der Waals surface area contributed by atoms with Gasteiger partial charge in [0.2, 0.25) is 0 Å². The van der Waals surface area contributed by atoms with Crippen LogP contribution in [0.4, 0.5) is 0 Å². The largest absolute Gasteiger partial charge is 0.313 e. The summed E-state index contributed by atoms with van der Waals surface area (Å²) in [6.45, 7) is 7.93. The van der Waals surface area contributed by atoms with Crippen LogP contribution in [0.15, 0.2) is 15.9 Å². The predicted molar refractivity (Wildman–Crippen MR) is 90.0 cm³/mol. The van der Waals surface area contributed by atoms with Crippen molar-refractivity contribution in [3.05, 3.63) is 20.8 Å². The van der Waals surface area contributed by atoms with E-state index >= 15 is 0 Å². The maximum Gasteiger partial charge on any atom is 0.0314 e. The predicted octanol–water partition coefficient (Wildman–Crippen LogP) is 4.81. The number of rotatable bonds is 9. The van der Waals surface area contributed by atoms with E-state index in [1.807, 2.05) is 11.3 Å². The minimum absolute atomic E-state index is 0.601. The molecule has 0 spiro atoms. The van der Waals surface area contributed by atoms with E-state index in [4.69, 9.17) is 0 Å². The number of halogens is 1. The van der Waals surface area contributed by atoms with Crippen LogP contribution in [0, 0.1) is 5.92 Å². The van der Waals surface area contributed by atoms with Gasteiger partial charge in [0, 0.05) is 21.1 Å². The fraction of sp³-hybridized carbons (Fsp3) is 0.714. The van der Waals surface area contributed by atoms with Crippen LogP contribution in [-0.2, 0) is 6.42 Å². The van der Waals surface area contributed by atoms with Gasteiger partial charge in [-0.3, -0.25) is 0 Å². The zero-order valence-electron chi connectivity index (χ0n) is 11.5. The fourth-order valence-corrected chi connectivity index (χ4v) is 4.40. The molecular weight excluding hydrogens is 326 g/mol. The van der Waals surface area contributed by atoms with Gasteiger partial charge in [0.25, 0.3) is 0 Å². The van der Waals surface area contributed by atoms with Crippen LogP contribution < -0.4 is 5.32 Å². The van der Waals surface area contributed by atoms with Gasteiger partial charge in [-0.05, 0) is 58.4 Å². The van der Waals surface area contributed by atoms with Crippen molar-refractivity contribution in [3.63, 3.8) is 0 Å². The Morgan fingerprint density at radius 2 is 2.17 bits per heavy atom. The van der Waals surface area contributed by atoms with Crippen molar-refractivity contribution in [1.82, 2.24) is 5.32 Å². The molecule has 0 bridgehead atoms. The molecule has 1 N–H and O–H groups in total. The molecule has 1 rings (SSSR count). The van der Waals surface area contributed by atoms with Crippen molar-refractivity contribution >= 4 is 39.0 Å². The average Bonchev–Trinajstić information content (AvgIpc) is 2.71. The molecule has 1 atom stereocenters. The topological polar surface area (TPSA) is 12.0 Å². The van der Waals surface area contributed by atoms with Crippen molar-refractivity contribution in [3.8, 4) is 0 Å². The first-order chi connectivity index (χ1) is 8.63. The third kappa shape index (κ3) is 6.60. The third-order valence-corrected chi connectivity index (χ3v) is 6.07. The van der Waals surface area contributed by atoms with Crippen molar-refractivity contribution in [1.29, 1.82) is 0 Å². The molecule has 1 aromatic heterocycles. The molecule has 0 aliphatic carbocycles. The molecule has 104 valence electrons. The van der Waals surface area contributed by atoms with Gasteiger partial charge < -0.3 is 5.32 Å². The normalized spacial score (nSPS) is 13.2. The first-order valence-corrected chi connectivity index (χ1v) is 9.49. The van der Waals surface area contributed by atoms with E-state index < -0.39 is 0 Å². The highest BCUT2D eigenvalue weighted by Gasteiger charge is 2.12. The molecule has 4 heteroatoms. The van der Waals surface area contributed by atoms with E-state index in [2.05, 4.69) is 65.2 Å². The molecule has 1 unspecified atom stereocenters. The Bertz CT molecular complexity index is 325. The van der Waals surface area contributed by atoms with Gasteiger partial charge >= 0.3 is 0 Å². The highest BCUT2D eigenvalue weighted by Crippen LogP contribution is 2.25. The maximum absolute atomic E-state index is 3.67. The zero-order chi connectivity index (χ0) is 13.4. The number of nitrogens with one attached hydrogen (secondary N) is 1. The maximum atomic E-state index is 3.67. The highest BCUT2D eigenvalue weighted by atomic mass is 79.9. The number of thiophene rings is 1. The summed E-state index contributed by atoms with van der Waals surface area (Å²) in [7, 11) is 0. The van der Waals surface area contributed by atoms with E-state index in [0.717, 1.165) is 18.9 Å². The molecule has 0 fully saturated rings. The Kier molecular flexibility index (Phi) is 8.64. The SMILES string of the molecule is CCCNC(CSCC(C)C)Cc1sccc1Br. The van der Waals surface area contributed by atoms with Crippen molar-refractivity contribution in [2.75, 3.05) is 18.1 Å². The van der Waals surface area contributed by atoms with Gasteiger partial charge in [-0.2, -0.15) is 11.8 Å². The zero-order valence-corrected chi connectivity index (χ0v) is 14.8. The Labute approximate surface area is 128 Å². The molecule has 0 saturated carbocycles. The van der Waals surface area contributed by atoms with Gasteiger partial charge in [-0.15, -0.1) is 11.3 Å². The molecule has 0 aromatic carbocycles. The molecule has 0 aliphatic heterocycles. The Hall–Kier alpha value is 0.490. The molecular formula is C14H24BrNS2. The second-order valence-corrected chi connectivity index (χ2v) is 7.91. The summed E-state index contributed by atoms with van der Waals surface area (Å²) in [5.74, 6) is 3.26. The summed E-state index contributed by atoms with van der Waals surface area (Å²) in [6, 6.07) is 2.75. The summed E-state index contributed by atoms with van der Waals surface area (Å²) in [5.41, 5.74) is 0. The Balaban J connectivity index is 2.42. The summed E-state index contributed by atoms with van der Waals surface area (Å²) >= 11 is 7.56. The minimum atomic E-state index is 0.601. The van der Waals surface area contributed by atoms with Gasteiger partial charge in [0.15, 0.2) is 0 Å². The van der Waals surface area contributed by atoms with Crippen molar-refractivity contribution in [2.45, 2.75) is 39.7 Å². The second kappa shape index (κ2) is 9.40. The lowest BCUT2D eigenvalue weighted by Crippen LogP contribution is -2.34. The van der Waals surface area contributed by atoms with Gasteiger partial charge in [0.05, 0.1) is 0 Å². The molecule has 0 saturated heterocycles. The van der Waals surface area contributed by atoms with E-state index in [1.54, 1.807) is 0 Å². The van der Waals surface area contributed by atoms with Crippen LogP contribution in [0.25, 0.3) is 0 Å². The molecule has 1 nitrogen and oxygen atoms in total. The third-order valence-electron chi connectivity index (χ3n) is 2.58. The number of hydrogen-bond donors (Lipinski definition) is 1. The molecule has 0 radical (unpaired) electrons. The van der Waals surface area contributed by atoms with Crippen LogP contribution in [-0.4, -0.2) is 24.1 Å². The van der Waals surface area contributed by atoms with E-state index in [1.165, 1.54) is 27.3 Å². The monoisotopic (exact) mass is 349 g/mol. The summed E-state index contributed by atoms with van der Waals surface area (Å²) in [5, 5.41) is 5.84. The summed E-state index contributed by atoms with van der Waals surface area (Å²) < 4.78 is 1.27. The Morgan fingerprint density at radius 1 is 1.39 bits per heavy atom. The van der Waals surface area contributed by atoms with Crippen LogP contribution in [0.3, 0.4) is 0 Å². The van der Waals surface area contributed by atoms with Crippen molar-refractivity contribution < 1.29 is 0 Å². The smallest absolute Gasteiger partial charge is 0.0314 e. The van der Waals surface area contributed by atoms with Gasteiger partial charge in [-0.1, -0.05) is 20.8 Å². The molecule has 0 amide bonds. The molecule has 1 aromatic rings. The highest BCUT2D eigenvalue weighted by molar-refractivity contribution is 9.10. The molecule has 1 heterocycles. The molecule has 18 heavy (non-hydrogen) atoms. The number of hydrogen-bond acceptors (Lipinski definition) is 3. The second-order valence-electron chi connectivity index (χ2n) is 4.98. The molecule has 0 aliphatic rings. The standard InChI is InChI=1S/C14H24BrNS2/c1-4-6-16-12(10-17-9-11(2)3)8-14-13(15)5-7-18-14/h5,7,11-12,16H,4,6,8-10H2,1-3H3.